The molecule has 0 spiro atoms. The SMILES string of the molecule is COCCn1cnnc1-c1cc(OC)n(C)n1. The van der Waals surface area contributed by atoms with Crippen LogP contribution in [0.2, 0.25) is 0 Å². The van der Waals surface area contributed by atoms with E-state index < -0.39 is 0 Å². The first-order chi connectivity index (χ1) is 8.26. The summed E-state index contributed by atoms with van der Waals surface area (Å²) in [5.74, 6) is 1.39. The van der Waals surface area contributed by atoms with Gasteiger partial charge in [0.2, 0.25) is 5.88 Å². The second kappa shape index (κ2) is 4.96. The first-order valence-electron chi connectivity index (χ1n) is 5.21. The van der Waals surface area contributed by atoms with Crippen LogP contribution in [0.25, 0.3) is 11.5 Å². The lowest BCUT2D eigenvalue weighted by Crippen LogP contribution is -2.05. The summed E-state index contributed by atoms with van der Waals surface area (Å²) in [6.45, 7) is 1.30. The third-order valence-corrected chi connectivity index (χ3v) is 2.43. The second-order valence-corrected chi connectivity index (χ2v) is 3.54. The van der Waals surface area contributed by atoms with Crippen LogP contribution in [0.1, 0.15) is 0 Å². The van der Waals surface area contributed by atoms with Gasteiger partial charge in [-0.15, -0.1) is 10.2 Å². The number of methoxy groups -OCH3 is 2. The van der Waals surface area contributed by atoms with Crippen LogP contribution in [0.4, 0.5) is 0 Å². The van der Waals surface area contributed by atoms with E-state index in [1.807, 2.05) is 17.7 Å². The van der Waals surface area contributed by atoms with Crippen molar-refractivity contribution >= 4 is 0 Å². The molecular formula is C10H15N5O2. The van der Waals surface area contributed by atoms with Crippen molar-refractivity contribution in [3.8, 4) is 17.4 Å². The molecule has 0 radical (unpaired) electrons. The Hall–Kier alpha value is -1.89. The molecule has 0 aliphatic rings. The molecule has 2 aromatic rings. The van der Waals surface area contributed by atoms with Crippen LogP contribution < -0.4 is 4.74 Å². The number of hydrogen-bond acceptors (Lipinski definition) is 5. The molecule has 92 valence electrons. The first-order valence-corrected chi connectivity index (χ1v) is 5.21. The minimum absolute atomic E-state index is 0.606. The maximum Gasteiger partial charge on any atom is 0.211 e. The van der Waals surface area contributed by atoms with Crippen LogP contribution in [0.5, 0.6) is 5.88 Å². The molecule has 0 N–H and O–H groups in total. The van der Waals surface area contributed by atoms with Crippen LogP contribution >= 0.6 is 0 Å². The molecule has 0 unspecified atom stereocenters. The molecule has 17 heavy (non-hydrogen) atoms. The van der Waals surface area contributed by atoms with Gasteiger partial charge in [-0.25, -0.2) is 4.68 Å². The summed E-state index contributed by atoms with van der Waals surface area (Å²) >= 11 is 0. The summed E-state index contributed by atoms with van der Waals surface area (Å²) in [5.41, 5.74) is 0.734. The maximum absolute atomic E-state index is 5.16. The lowest BCUT2D eigenvalue weighted by atomic mass is 10.4. The standard InChI is InChI=1S/C10H15N5O2/c1-14-9(17-3)6-8(13-14)10-12-11-7-15(10)4-5-16-2/h6-7H,4-5H2,1-3H3. The predicted molar refractivity (Wildman–Crippen MR) is 60.7 cm³/mol. The zero-order chi connectivity index (χ0) is 12.3. The molecule has 0 fully saturated rings. The van der Waals surface area contributed by atoms with Gasteiger partial charge in [-0.05, 0) is 0 Å². The van der Waals surface area contributed by atoms with Crippen molar-refractivity contribution in [2.45, 2.75) is 6.54 Å². The highest BCUT2D eigenvalue weighted by molar-refractivity contribution is 5.50. The lowest BCUT2D eigenvalue weighted by molar-refractivity contribution is 0.187. The zero-order valence-electron chi connectivity index (χ0n) is 10.1. The molecule has 0 saturated carbocycles. The Labute approximate surface area is 99.0 Å². The van der Waals surface area contributed by atoms with Gasteiger partial charge >= 0.3 is 0 Å². The summed E-state index contributed by atoms with van der Waals surface area (Å²) in [6.07, 6.45) is 1.66. The molecule has 2 heterocycles. The number of rotatable bonds is 5. The fraction of sp³-hybridized carbons (Fsp3) is 0.500. The monoisotopic (exact) mass is 237 g/mol. The van der Waals surface area contributed by atoms with Gasteiger partial charge in [-0.2, -0.15) is 5.10 Å². The fourth-order valence-corrected chi connectivity index (χ4v) is 1.56. The van der Waals surface area contributed by atoms with E-state index >= 15 is 0 Å². The Balaban J connectivity index is 2.29. The normalized spacial score (nSPS) is 10.8. The summed E-state index contributed by atoms with van der Waals surface area (Å²) in [5, 5.41) is 12.3. The van der Waals surface area contributed by atoms with E-state index in [1.54, 1.807) is 25.2 Å². The van der Waals surface area contributed by atoms with Gasteiger partial charge in [0.1, 0.15) is 12.0 Å². The van der Waals surface area contributed by atoms with E-state index in [2.05, 4.69) is 15.3 Å². The third kappa shape index (κ3) is 2.28. The highest BCUT2D eigenvalue weighted by atomic mass is 16.5. The molecule has 0 bridgehead atoms. The molecule has 7 heteroatoms. The average Bonchev–Trinajstić information content (AvgIpc) is 2.92. The highest BCUT2D eigenvalue weighted by Crippen LogP contribution is 2.20. The minimum atomic E-state index is 0.606. The number of aryl methyl sites for hydroxylation is 1. The van der Waals surface area contributed by atoms with Crippen molar-refractivity contribution < 1.29 is 9.47 Å². The Bertz CT molecular complexity index is 491. The van der Waals surface area contributed by atoms with Gasteiger partial charge in [0, 0.05) is 26.8 Å². The van der Waals surface area contributed by atoms with Gasteiger partial charge in [0.05, 0.1) is 13.7 Å². The van der Waals surface area contributed by atoms with Crippen molar-refractivity contribution in [1.29, 1.82) is 0 Å². The molecular weight excluding hydrogens is 222 g/mol. The van der Waals surface area contributed by atoms with Crippen LogP contribution in [-0.2, 0) is 18.3 Å². The first kappa shape index (κ1) is 11.6. The van der Waals surface area contributed by atoms with Gasteiger partial charge in [0.25, 0.3) is 0 Å². The van der Waals surface area contributed by atoms with Gasteiger partial charge in [-0.3, -0.25) is 0 Å². The Morgan fingerprint density at radius 3 is 2.82 bits per heavy atom. The summed E-state index contributed by atoms with van der Waals surface area (Å²) in [7, 11) is 5.09. The smallest absolute Gasteiger partial charge is 0.211 e. The third-order valence-electron chi connectivity index (χ3n) is 2.43. The molecule has 0 aromatic carbocycles. The topological polar surface area (TPSA) is 67.0 Å². The predicted octanol–water partition coefficient (Wildman–Crippen LogP) is 0.334. The van der Waals surface area contributed by atoms with E-state index in [-0.39, 0.29) is 0 Å². The molecule has 2 aromatic heterocycles. The van der Waals surface area contributed by atoms with Crippen molar-refractivity contribution in [1.82, 2.24) is 24.5 Å². The van der Waals surface area contributed by atoms with E-state index in [9.17, 15) is 0 Å². The second-order valence-electron chi connectivity index (χ2n) is 3.54. The molecule has 0 saturated heterocycles. The van der Waals surface area contributed by atoms with Crippen molar-refractivity contribution in [3.05, 3.63) is 12.4 Å². The van der Waals surface area contributed by atoms with E-state index in [0.29, 0.717) is 24.9 Å². The van der Waals surface area contributed by atoms with Crippen molar-refractivity contribution in [2.75, 3.05) is 20.8 Å². The van der Waals surface area contributed by atoms with Crippen LogP contribution in [-0.4, -0.2) is 45.4 Å². The fourth-order valence-electron chi connectivity index (χ4n) is 1.56. The summed E-state index contributed by atoms with van der Waals surface area (Å²) in [6, 6.07) is 1.83. The molecule has 0 aliphatic heterocycles. The molecule has 7 nitrogen and oxygen atoms in total. The Kier molecular flexibility index (Phi) is 3.38. The number of aromatic nitrogens is 5. The highest BCUT2D eigenvalue weighted by Gasteiger charge is 2.13. The molecule has 0 aliphatic carbocycles. The van der Waals surface area contributed by atoms with Crippen LogP contribution in [0.3, 0.4) is 0 Å². The Morgan fingerprint density at radius 1 is 1.35 bits per heavy atom. The minimum Gasteiger partial charge on any atom is -0.481 e. The summed E-state index contributed by atoms with van der Waals surface area (Å²) < 4.78 is 13.7. The maximum atomic E-state index is 5.16. The van der Waals surface area contributed by atoms with E-state index in [0.717, 1.165) is 5.69 Å². The quantitative estimate of drug-likeness (QED) is 0.749. The van der Waals surface area contributed by atoms with E-state index in [4.69, 9.17) is 9.47 Å². The molecule has 0 amide bonds. The molecule has 0 atom stereocenters. The van der Waals surface area contributed by atoms with Crippen LogP contribution in [0, 0.1) is 0 Å². The van der Waals surface area contributed by atoms with Crippen molar-refractivity contribution in [2.24, 2.45) is 7.05 Å². The van der Waals surface area contributed by atoms with Gasteiger partial charge in [0.15, 0.2) is 5.82 Å². The van der Waals surface area contributed by atoms with E-state index in [1.165, 1.54) is 0 Å². The molecule has 2 rings (SSSR count). The average molecular weight is 237 g/mol. The Morgan fingerprint density at radius 2 is 2.18 bits per heavy atom. The van der Waals surface area contributed by atoms with Crippen molar-refractivity contribution in [3.63, 3.8) is 0 Å². The largest absolute Gasteiger partial charge is 0.481 e. The number of nitrogens with zero attached hydrogens (tertiary/aromatic N) is 5. The summed E-state index contributed by atoms with van der Waals surface area (Å²) in [4.78, 5) is 0. The number of ether oxygens (including phenoxy) is 2. The van der Waals surface area contributed by atoms with Gasteiger partial charge in [-0.1, -0.05) is 0 Å². The van der Waals surface area contributed by atoms with Crippen LogP contribution in [0.15, 0.2) is 12.4 Å². The lowest BCUT2D eigenvalue weighted by Gasteiger charge is -2.02. The zero-order valence-corrected chi connectivity index (χ0v) is 10.1. The number of hydrogen-bond donors (Lipinski definition) is 0. The van der Waals surface area contributed by atoms with Gasteiger partial charge < -0.3 is 14.0 Å².